The van der Waals surface area contributed by atoms with Gasteiger partial charge in [0.05, 0.1) is 20.4 Å². The molecular weight excluding hydrogens is 430 g/mol. The molecule has 9 heteroatoms. The molecule has 0 saturated heterocycles. The van der Waals surface area contributed by atoms with Crippen LogP contribution < -0.4 is 25.5 Å². The molecule has 0 atom stereocenters. The summed E-state index contributed by atoms with van der Waals surface area (Å²) in [5.41, 5.74) is 5.68. The summed E-state index contributed by atoms with van der Waals surface area (Å²) < 4.78 is 10.6. The minimum absolute atomic E-state index is 0.292. The number of ether oxygens (including phenoxy) is 2. The molecule has 4 rings (SSSR count). The quantitative estimate of drug-likeness (QED) is 0.234. The first-order chi connectivity index (χ1) is 16.7. The summed E-state index contributed by atoms with van der Waals surface area (Å²) in [7, 11) is 3.19. The van der Waals surface area contributed by atoms with E-state index in [1.807, 2.05) is 78.9 Å². The van der Waals surface area contributed by atoms with Crippen molar-refractivity contribution in [3.05, 3.63) is 90.0 Å². The normalized spacial score (nSPS) is 10.6. The van der Waals surface area contributed by atoms with Gasteiger partial charge < -0.3 is 20.1 Å². The van der Waals surface area contributed by atoms with Crippen molar-refractivity contribution in [2.75, 3.05) is 30.3 Å². The molecule has 0 amide bonds. The van der Waals surface area contributed by atoms with Gasteiger partial charge in [-0.2, -0.15) is 20.1 Å². The van der Waals surface area contributed by atoms with Crippen LogP contribution in [-0.2, 0) is 6.54 Å². The molecule has 0 fully saturated rings. The summed E-state index contributed by atoms with van der Waals surface area (Å²) in [5, 5.41) is 10.7. The first-order valence-electron chi connectivity index (χ1n) is 10.6. The van der Waals surface area contributed by atoms with Gasteiger partial charge in [0.25, 0.3) is 0 Å². The number of para-hydroxylation sites is 1. The van der Waals surface area contributed by atoms with E-state index >= 15 is 0 Å². The van der Waals surface area contributed by atoms with Crippen molar-refractivity contribution in [2.24, 2.45) is 5.10 Å². The molecule has 0 aliphatic carbocycles. The van der Waals surface area contributed by atoms with E-state index in [2.05, 4.69) is 36.1 Å². The Kier molecular flexibility index (Phi) is 7.47. The minimum atomic E-state index is 0.292. The molecule has 4 aromatic rings. The Labute approximate surface area is 197 Å². The van der Waals surface area contributed by atoms with Crippen LogP contribution >= 0.6 is 0 Å². The van der Waals surface area contributed by atoms with E-state index in [4.69, 9.17) is 9.47 Å². The van der Waals surface area contributed by atoms with Gasteiger partial charge in [-0.15, -0.1) is 0 Å². The van der Waals surface area contributed by atoms with E-state index in [0.717, 1.165) is 16.8 Å². The number of nitrogens with one attached hydrogen (secondary N) is 3. The molecule has 3 N–H and O–H groups in total. The third kappa shape index (κ3) is 6.19. The number of aromatic nitrogens is 3. The first kappa shape index (κ1) is 22.5. The smallest absolute Gasteiger partial charge is 0.250 e. The van der Waals surface area contributed by atoms with Crippen molar-refractivity contribution in [1.29, 1.82) is 0 Å². The molecule has 0 aliphatic heterocycles. The fraction of sp³-hybridized carbons (Fsp3) is 0.120. The molecule has 0 bridgehead atoms. The fourth-order valence-electron chi connectivity index (χ4n) is 3.09. The number of hydrogen-bond donors (Lipinski definition) is 3. The van der Waals surface area contributed by atoms with Crippen LogP contribution in [0.4, 0.5) is 23.5 Å². The second kappa shape index (κ2) is 11.3. The van der Waals surface area contributed by atoms with Crippen LogP contribution in [0.15, 0.2) is 84.0 Å². The lowest BCUT2D eigenvalue weighted by Crippen LogP contribution is -2.09. The van der Waals surface area contributed by atoms with Crippen molar-refractivity contribution in [3.8, 4) is 11.5 Å². The van der Waals surface area contributed by atoms with E-state index in [-0.39, 0.29) is 0 Å². The maximum Gasteiger partial charge on any atom is 0.250 e. The minimum Gasteiger partial charge on any atom is -0.493 e. The topological polar surface area (TPSA) is 106 Å². The molecule has 0 aliphatic rings. The molecule has 0 spiro atoms. The Balaban J connectivity index is 1.52. The van der Waals surface area contributed by atoms with Crippen LogP contribution in [0, 0.1) is 0 Å². The summed E-state index contributed by atoms with van der Waals surface area (Å²) in [5.74, 6) is 2.37. The lowest BCUT2D eigenvalue weighted by atomic mass is 10.2. The van der Waals surface area contributed by atoms with Crippen LogP contribution in [0.3, 0.4) is 0 Å². The van der Waals surface area contributed by atoms with E-state index < -0.39 is 0 Å². The molecule has 3 aromatic carbocycles. The van der Waals surface area contributed by atoms with Gasteiger partial charge in [-0.3, -0.25) is 0 Å². The summed E-state index contributed by atoms with van der Waals surface area (Å²) >= 11 is 0. The monoisotopic (exact) mass is 455 g/mol. The highest BCUT2D eigenvalue weighted by Crippen LogP contribution is 2.27. The fourth-order valence-corrected chi connectivity index (χ4v) is 3.09. The van der Waals surface area contributed by atoms with Gasteiger partial charge in [0.1, 0.15) is 0 Å². The van der Waals surface area contributed by atoms with Crippen LogP contribution in [0.1, 0.15) is 11.1 Å². The largest absolute Gasteiger partial charge is 0.493 e. The Morgan fingerprint density at radius 2 is 1.44 bits per heavy atom. The van der Waals surface area contributed by atoms with E-state index in [9.17, 15) is 0 Å². The zero-order valence-electron chi connectivity index (χ0n) is 18.9. The first-order valence-corrected chi connectivity index (χ1v) is 10.6. The molecule has 172 valence electrons. The van der Waals surface area contributed by atoms with Gasteiger partial charge in [0.2, 0.25) is 17.8 Å². The van der Waals surface area contributed by atoms with E-state index in [1.54, 1.807) is 20.4 Å². The van der Waals surface area contributed by atoms with Gasteiger partial charge in [0, 0.05) is 12.2 Å². The SMILES string of the molecule is COc1ccc(/C=N/Nc2nc(NCc3ccccc3)nc(Nc3ccccc3)n2)cc1OC. The van der Waals surface area contributed by atoms with Gasteiger partial charge in [-0.25, -0.2) is 5.43 Å². The third-order valence-electron chi connectivity index (χ3n) is 4.74. The molecule has 9 nitrogen and oxygen atoms in total. The van der Waals surface area contributed by atoms with Crippen LogP contribution in [0.25, 0.3) is 0 Å². The van der Waals surface area contributed by atoms with Crippen molar-refractivity contribution < 1.29 is 9.47 Å². The zero-order valence-corrected chi connectivity index (χ0v) is 18.9. The second-order valence-corrected chi connectivity index (χ2v) is 7.12. The van der Waals surface area contributed by atoms with Crippen molar-refractivity contribution in [2.45, 2.75) is 6.54 Å². The Morgan fingerprint density at radius 3 is 2.18 bits per heavy atom. The zero-order chi connectivity index (χ0) is 23.6. The molecule has 1 heterocycles. The summed E-state index contributed by atoms with van der Waals surface area (Å²) in [6.45, 7) is 0.573. The lowest BCUT2D eigenvalue weighted by molar-refractivity contribution is 0.355. The number of rotatable bonds is 10. The second-order valence-electron chi connectivity index (χ2n) is 7.12. The molecule has 1 aromatic heterocycles. The highest BCUT2D eigenvalue weighted by Gasteiger charge is 2.07. The molecule has 0 unspecified atom stereocenters. The van der Waals surface area contributed by atoms with E-state index in [0.29, 0.717) is 35.9 Å². The average Bonchev–Trinajstić information content (AvgIpc) is 2.88. The number of methoxy groups -OCH3 is 2. The molecular formula is C25H25N7O2. The number of benzene rings is 3. The number of nitrogens with zero attached hydrogens (tertiary/aromatic N) is 4. The molecule has 0 radical (unpaired) electrons. The Morgan fingerprint density at radius 1 is 0.765 bits per heavy atom. The standard InChI is InChI=1S/C25H25N7O2/c1-33-21-14-13-19(15-22(21)34-2)17-27-32-25-30-23(26-16-18-9-5-3-6-10-18)29-24(31-25)28-20-11-7-4-8-12-20/h3-15,17H,16H2,1-2H3,(H3,26,28,29,30,31,32)/b27-17+. The van der Waals surface area contributed by atoms with Crippen LogP contribution in [0.2, 0.25) is 0 Å². The lowest BCUT2D eigenvalue weighted by Gasteiger charge is -2.10. The van der Waals surface area contributed by atoms with Gasteiger partial charge in [-0.05, 0) is 41.5 Å². The van der Waals surface area contributed by atoms with E-state index in [1.165, 1.54) is 0 Å². The van der Waals surface area contributed by atoms with Gasteiger partial charge in [0.15, 0.2) is 11.5 Å². The van der Waals surface area contributed by atoms with Crippen molar-refractivity contribution >= 4 is 29.7 Å². The average molecular weight is 456 g/mol. The highest BCUT2D eigenvalue weighted by molar-refractivity contribution is 5.81. The maximum absolute atomic E-state index is 5.34. The number of hydrogen-bond acceptors (Lipinski definition) is 9. The predicted octanol–water partition coefficient (Wildman–Crippen LogP) is 4.69. The maximum atomic E-state index is 5.34. The third-order valence-corrected chi connectivity index (χ3v) is 4.74. The number of anilines is 4. The summed E-state index contributed by atoms with van der Waals surface area (Å²) in [6, 6.07) is 25.2. The van der Waals surface area contributed by atoms with Crippen LogP contribution in [0.5, 0.6) is 11.5 Å². The van der Waals surface area contributed by atoms with Gasteiger partial charge in [-0.1, -0.05) is 48.5 Å². The summed E-state index contributed by atoms with van der Waals surface area (Å²) in [4.78, 5) is 13.4. The van der Waals surface area contributed by atoms with Gasteiger partial charge >= 0.3 is 0 Å². The van der Waals surface area contributed by atoms with Crippen LogP contribution in [-0.4, -0.2) is 35.4 Å². The Bertz CT molecular complexity index is 1230. The highest BCUT2D eigenvalue weighted by atomic mass is 16.5. The Hall–Kier alpha value is -4.66. The molecule has 0 saturated carbocycles. The summed E-state index contributed by atoms with van der Waals surface area (Å²) in [6.07, 6.45) is 1.65. The predicted molar refractivity (Wildman–Crippen MR) is 134 cm³/mol. The van der Waals surface area contributed by atoms with Crippen molar-refractivity contribution in [3.63, 3.8) is 0 Å². The number of hydrazone groups is 1. The van der Waals surface area contributed by atoms with Crippen molar-refractivity contribution in [1.82, 2.24) is 15.0 Å². The molecule has 34 heavy (non-hydrogen) atoms.